The van der Waals surface area contributed by atoms with Gasteiger partial charge in [-0.2, -0.15) is 0 Å². The Hall–Kier alpha value is -1.02. The van der Waals surface area contributed by atoms with E-state index in [9.17, 15) is 4.79 Å². The largest absolute Gasteiger partial charge is 0.394 e. The molecule has 1 aromatic rings. The number of nitrogens with two attached hydrogens (primary N) is 1. The first-order chi connectivity index (χ1) is 7.71. The lowest BCUT2D eigenvalue weighted by Crippen LogP contribution is -2.40. The van der Waals surface area contributed by atoms with Crippen LogP contribution in [0.25, 0.3) is 0 Å². The summed E-state index contributed by atoms with van der Waals surface area (Å²) in [6.45, 7) is -0.117. The van der Waals surface area contributed by atoms with Gasteiger partial charge in [0.05, 0.1) is 24.3 Å². The van der Waals surface area contributed by atoms with Crippen molar-refractivity contribution >= 4 is 17.2 Å². The zero-order valence-corrected chi connectivity index (χ0v) is 9.54. The molecule has 1 aromatic heterocycles. The Balaban J connectivity index is 2.58. The van der Waals surface area contributed by atoms with E-state index in [0.717, 1.165) is 5.01 Å². The summed E-state index contributed by atoms with van der Waals surface area (Å²) in [7, 11) is 0. The summed E-state index contributed by atoms with van der Waals surface area (Å²) in [5.74, 6) is -0.396. The van der Waals surface area contributed by atoms with E-state index in [0.29, 0.717) is 18.7 Å². The molecule has 0 aliphatic heterocycles. The topological polar surface area (TPSA) is 108 Å². The fraction of sp³-hybridized carbons (Fsp3) is 0.556. The smallest absolute Gasteiger partial charge is 0.271 e. The van der Waals surface area contributed by atoms with Gasteiger partial charge in [0.2, 0.25) is 0 Å². The van der Waals surface area contributed by atoms with E-state index >= 15 is 0 Å². The van der Waals surface area contributed by atoms with Crippen LogP contribution < -0.4 is 11.1 Å². The highest BCUT2D eigenvalue weighted by Crippen LogP contribution is 2.09. The molecule has 1 amide bonds. The lowest BCUT2D eigenvalue weighted by molar-refractivity contribution is 0.0875. The van der Waals surface area contributed by atoms with Crippen LogP contribution in [0.3, 0.4) is 0 Å². The third-order valence-corrected chi connectivity index (χ3v) is 2.83. The molecular formula is C9H15N3O3S. The quantitative estimate of drug-likeness (QED) is 0.499. The molecule has 0 unspecified atom stereocenters. The molecule has 0 aromatic carbocycles. The molecule has 6 nitrogen and oxygen atoms in total. The van der Waals surface area contributed by atoms with Gasteiger partial charge in [-0.3, -0.25) is 4.79 Å². The Bertz CT molecular complexity index is 338. The van der Waals surface area contributed by atoms with Crippen molar-refractivity contribution in [2.75, 3.05) is 19.8 Å². The molecule has 5 N–H and O–H groups in total. The minimum Gasteiger partial charge on any atom is -0.394 e. The molecule has 1 heterocycles. The third kappa shape index (κ3) is 3.53. The minimum atomic E-state index is -0.646. The predicted octanol–water partition coefficient (Wildman–Crippen LogP) is -1.27. The fourth-order valence-electron chi connectivity index (χ4n) is 1.06. The normalized spacial score (nSPS) is 10.8. The summed E-state index contributed by atoms with van der Waals surface area (Å²) in [4.78, 5) is 15.7. The Morgan fingerprint density at radius 1 is 1.56 bits per heavy atom. The van der Waals surface area contributed by atoms with Crippen molar-refractivity contribution in [1.82, 2.24) is 10.3 Å². The summed E-state index contributed by atoms with van der Waals surface area (Å²) in [5.41, 5.74) is 5.66. The molecular weight excluding hydrogens is 230 g/mol. The van der Waals surface area contributed by atoms with Crippen molar-refractivity contribution in [3.8, 4) is 0 Å². The van der Waals surface area contributed by atoms with Crippen LogP contribution >= 0.6 is 11.3 Å². The monoisotopic (exact) mass is 245 g/mol. The average molecular weight is 245 g/mol. The maximum atomic E-state index is 11.6. The second kappa shape index (κ2) is 6.54. The number of aromatic nitrogens is 1. The van der Waals surface area contributed by atoms with Crippen molar-refractivity contribution in [2.24, 2.45) is 5.73 Å². The van der Waals surface area contributed by atoms with Crippen LogP contribution in [-0.4, -0.2) is 46.9 Å². The van der Waals surface area contributed by atoms with Gasteiger partial charge in [-0.05, 0) is 6.54 Å². The molecule has 0 spiro atoms. The molecule has 0 saturated heterocycles. The van der Waals surface area contributed by atoms with E-state index < -0.39 is 11.9 Å². The molecule has 0 bridgehead atoms. The van der Waals surface area contributed by atoms with E-state index in [4.69, 9.17) is 15.9 Å². The van der Waals surface area contributed by atoms with Crippen molar-refractivity contribution in [2.45, 2.75) is 12.5 Å². The summed E-state index contributed by atoms with van der Waals surface area (Å²) in [5, 5.41) is 22.5. The van der Waals surface area contributed by atoms with Crippen LogP contribution in [-0.2, 0) is 6.42 Å². The molecule has 0 aliphatic rings. The Morgan fingerprint density at radius 3 is 2.81 bits per heavy atom. The van der Waals surface area contributed by atoms with E-state index in [2.05, 4.69) is 10.3 Å². The fourth-order valence-corrected chi connectivity index (χ4v) is 1.86. The van der Waals surface area contributed by atoms with E-state index in [-0.39, 0.29) is 13.2 Å². The average Bonchev–Trinajstić information content (AvgIpc) is 2.74. The zero-order valence-electron chi connectivity index (χ0n) is 8.72. The molecule has 0 atom stereocenters. The summed E-state index contributed by atoms with van der Waals surface area (Å²) >= 11 is 1.37. The molecule has 0 aliphatic carbocycles. The number of hydrogen-bond acceptors (Lipinski definition) is 6. The molecule has 0 saturated carbocycles. The van der Waals surface area contributed by atoms with Crippen molar-refractivity contribution in [1.29, 1.82) is 0 Å². The number of amides is 1. The van der Waals surface area contributed by atoms with E-state index in [1.165, 1.54) is 11.3 Å². The van der Waals surface area contributed by atoms with Gasteiger partial charge >= 0.3 is 0 Å². The van der Waals surface area contributed by atoms with Gasteiger partial charge in [0, 0.05) is 11.8 Å². The number of nitrogens with zero attached hydrogens (tertiary/aromatic N) is 1. The Kier molecular flexibility index (Phi) is 5.33. The Labute approximate surface area is 97.1 Å². The van der Waals surface area contributed by atoms with Crippen LogP contribution in [0, 0.1) is 0 Å². The standard InChI is InChI=1S/C9H15N3O3S/c10-2-1-8-12-7(5-16-8)9(15)11-6(3-13)4-14/h5-6,13-14H,1-4,10H2,(H,11,15). The maximum Gasteiger partial charge on any atom is 0.271 e. The number of rotatable bonds is 6. The lowest BCUT2D eigenvalue weighted by atomic mass is 10.3. The van der Waals surface area contributed by atoms with Gasteiger partial charge in [-0.15, -0.1) is 11.3 Å². The second-order valence-corrected chi connectivity index (χ2v) is 4.14. The number of aliphatic hydroxyl groups is 2. The van der Waals surface area contributed by atoms with E-state index in [1.807, 2.05) is 0 Å². The SMILES string of the molecule is NCCc1nc(C(=O)NC(CO)CO)cs1. The van der Waals surface area contributed by atoms with Crippen LogP contribution in [0.4, 0.5) is 0 Å². The number of hydrogen-bond donors (Lipinski definition) is 4. The number of carbonyl (C=O) groups is 1. The molecule has 1 rings (SSSR count). The van der Waals surface area contributed by atoms with Crippen molar-refractivity contribution in [3.63, 3.8) is 0 Å². The number of nitrogens with one attached hydrogen (secondary N) is 1. The van der Waals surface area contributed by atoms with Gasteiger partial charge in [0.1, 0.15) is 5.69 Å². The maximum absolute atomic E-state index is 11.6. The van der Waals surface area contributed by atoms with Gasteiger partial charge in [-0.25, -0.2) is 4.98 Å². The molecule has 16 heavy (non-hydrogen) atoms. The minimum absolute atomic E-state index is 0.292. The van der Waals surface area contributed by atoms with Crippen LogP contribution in [0.1, 0.15) is 15.5 Å². The zero-order chi connectivity index (χ0) is 12.0. The summed E-state index contributed by atoms with van der Waals surface area (Å²) < 4.78 is 0. The first kappa shape index (κ1) is 13.0. The lowest BCUT2D eigenvalue weighted by Gasteiger charge is -2.11. The van der Waals surface area contributed by atoms with Crippen LogP contribution in [0.5, 0.6) is 0 Å². The van der Waals surface area contributed by atoms with Gasteiger partial charge in [0.15, 0.2) is 0 Å². The highest BCUT2D eigenvalue weighted by Gasteiger charge is 2.14. The highest BCUT2D eigenvalue weighted by molar-refractivity contribution is 7.09. The number of carbonyl (C=O) groups excluding carboxylic acids is 1. The van der Waals surface area contributed by atoms with Crippen molar-refractivity contribution in [3.05, 3.63) is 16.1 Å². The molecule has 90 valence electrons. The second-order valence-electron chi connectivity index (χ2n) is 3.20. The highest BCUT2D eigenvalue weighted by atomic mass is 32.1. The molecule has 0 fully saturated rings. The summed E-state index contributed by atoms with van der Waals surface area (Å²) in [6.07, 6.45) is 0.640. The van der Waals surface area contributed by atoms with Crippen LogP contribution in [0.2, 0.25) is 0 Å². The predicted molar refractivity (Wildman–Crippen MR) is 60.3 cm³/mol. The number of aliphatic hydroxyl groups excluding tert-OH is 2. The Morgan fingerprint density at radius 2 is 2.25 bits per heavy atom. The number of thiazole rings is 1. The van der Waals surface area contributed by atoms with Gasteiger partial charge in [0.25, 0.3) is 5.91 Å². The van der Waals surface area contributed by atoms with Crippen molar-refractivity contribution < 1.29 is 15.0 Å². The van der Waals surface area contributed by atoms with Gasteiger partial charge < -0.3 is 21.3 Å². The summed E-state index contributed by atoms with van der Waals surface area (Å²) in [6, 6.07) is -0.646. The van der Waals surface area contributed by atoms with Crippen LogP contribution in [0.15, 0.2) is 5.38 Å². The first-order valence-corrected chi connectivity index (χ1v) is 5.76. The molecule has 0 radical (unpaired) electrons. The van der Waals surface area contributed by atoms with Gasteiger partial charge in [-0.1, -0.05) is 0 Å². The molecule has 7 heteroatoms. The first-order valence-electron chi connectivity index (χ1n) is 4.88. The third-order valence-electron chi connectivity index (χ3n) is 1.92. The van der Waals surface area contributed by atoms with E-state index in [1.54, 1.807) is 5.38 Å².